The first-order valence-electron chi connectivity index (χ1n) is 11.3. The van der Waals surface area contributed by atoms with E-state index in [2.05, 4.69) is 20.6 Å². The molecule has 190 valence electrons. The second kappa shape index (κ2) is 11.7. The Morgan fingerprint density at radius 1 is 1.11 bits per heavy atom. The van der Waals surface area contributed by atoms with Crippen molar-refractivity contribution in [3.05, 3.63) is 98.5 Å². The number of nitrogens with zero attached hydrogens (tertiary/aromatic N) is 4. The Hall–Kier alpha value is -4.15. The third-order valence-corrected chi connectivity index (χ3v) is 6.10. The molecule has 0 fully saturated rings. The average Bonchev–Trinajstić information content (AvgIpc) is 3.29. The van der Waals surface area contributed by atoms with Gasteiger partial charge in [0.1, 0.15) is 11.5 Å². The Morgan fingerprint density at radius 2 is 1.89 bits per heavy atom. The zero-order valence-electron chi connectivity index (χ0n) is 19.5. The molecule has 0 saturated carbocycles. The summed E-state index contributed by atoms with van der Waals surface area (Å²) in [5, 5.41) is 18.0. The van der Waals surface area contributed by atoms with E-state index in [4.69, 9.17) is 28.9 Å². The van der Waals surface area contributed by atoms with Crippen LogP contribution in [0.3, 0.4) is 0 Å². The van der Waals surface area contributed by atoms with Gasteiger partial charge in [-0.1, -0.05) is 29.3 Å². The number of aromatic nitrogens is 3. The molecule has 3 heterocycles. The largest absolute Gasteiger partial charge is 0.378 e. The molecule has 4 rings (SSSR count). The van der Waals surface area contributed by atoms with Gasteiger partial charge in [-0.05, 0) is 48.4 Å². The number of nitrogens with one attached hydrogen (secondary N) is 2. The van der Waals surface area contributed by atoms with E-state index in [1.807, 2.05) is 29.0 Å². The van der Waals surface area contributed by atoms with Gasteiger partial charge in [0.15, 0.2) is 0 Å². The number of anilines is 2. The van der Waals surface area contributed by atoms with E-state index < -0.39 is 4.92 Å². The van der Waals surface area contributed by atoms with Gasteiger partial charge in [-0.2, -0.15) is 0 Å². The number of pyridine rings is 2. The predicted molar refractivity (Wildman–Crippen MR) is 144 cm³/mol. The van der Waals surface area contributed by atoms with Crippen LogP contribution in [0.25, 0.3) is 11.1 Å². The highest BCUT2D eigenvalue weighted by Gasteiger charge is 2.17. The Labute approximate surface area is 222 Å². The maximum absolute atomic E-state index is 13.1. The Balaban J connectivity index is 1.48. The quantitative estimate of drug-likeness (QED) is 0.143. The van der Waals surface area contributed by atoms with Crippen LogP contribution < -0.4 is 16.4 Å². The number of benzene rings is 1. The summed E-state index contributed by atoms with van der Waals surface area (Å²) in [5.41, 5.74) is 8.37. The van der Waals surface area contributed by atoms with Crippen molar-refractivity contribution in [3.63, 3.8) is 0 Å². The molecule has 0 aliphatic rings. The van der Waals surface area contributed by atoms with Crippen LogP contribution in [0.4, 0.5) is 17.3 Å². The molecular weight excluding hydrogens is 517 g/mol. The second-order valence-electron chi connectivity index (χ2n) is 8.11. The van der Waals surface area contributed by atoms with Crippen LogP contribution in [0.15, 0.2) is 67.1 Å². The van der Waals surface area contributed by atoms with Crippen molar-refractivity contribution in [2.75, 3.05) is 17.6 Å². The fourth-order valence-corrected chi connectivity index (χ4v) is 4.23. The van der Waals surface area contributed by atoms with Crippen molar-refractivity contribution in [2.45, 2.75) is 19.5 Å². The van der Waals surface area contributed by atoms with Gasteiger partial charge in [0.2, 0.25) is 5.82 Å². The highest BCUT2D eigenvalue weighted by Crippen LogP contribution is 2.32. The molecule has 0 bridgehead atoms. The normalized spacial score (nSPS) is 10.8. The lowest BCUT2D eigenvalue weighted by Gasteiger charge is -2.11. The number of carbonyl (C=O) groups excluding carboxylic acids is 1. The number of carbonyl (C=O) groups is 1. The number of nitro groups is 1. The molecule has 0 aliphatic heterocycles. The molecule has 12 heteroatoms. The minimum atomic E-state index is -0.579. The van der Waals surface area contributed by atoms with Gasteiger partial charge in [0.05, 0.1) is 4.92 Å². The Bertz CT molecular complexity index is 1430. The molecular formula is C25H23Cl2N7O3. The molecule has 1 amide bonds. The van der Waals surface area contributed by atoms with Crippen molar-refractivity contribution >= 4 is 46.4 Å². The van der Waals surface area contributed by atoms with Crippen LogP contribution in [0.2, 0.25) is 10.0 Å². The Kier molecular flexibility index (Phi) is 8.22. The topological polar surface area (TPSA) is 141 Å². The molecule has 0 saturated heterocycles. The third kappa shape index (κ3) is 6.54. The van der Waals surface area contributed by atoms with E-state index in [1.54, 1.807) is 30.6 Å². The summed E-state index contributed by atoms with van der Waals surface area (Å²) in [5.74, 6) is 0.0449. The van der Waals surface area contributed by atoms with Gasteiger partial charge in [0, 0.05) is 65.5 Å². The first-order chi connectivity index (χ1) is 17.8. The first kappa shape index (κ1) is 25.9. The third-order valence-electron chi connectivity index (χ3n) is 5.55. The first-order valence-corrected chi connectivity index (χ1v) is 12.0. The van der Waals surface area contributed by atoms with Crippen LogP contribution >= 0.6 is 23.2 Å². The lowest BCUT2D eigenvalue weighted by atomic mass is 10.1. The fraction of sp³-hybridized carbons (Fsp3) is 0.160. The van der Waals surface area contributed by atoms with Gasteiger partial charge in [-0.25, -0.2) is 4.98 Å². The summed E-state index contributed by atoms with van der Waals surface area (Å²) in [4.78, 5) is 31.5. The van der Waals surface area contributed by atoms with Crippen molar-refractivity contribution in [3.8, 4) is 11.1 Å². The molecule has 10 nitrogen and oxygen atoms in total. The zero-order valence-corrected chi connectivity index (χ0v) is 21.0. The van der Waals surface area contributed by atoms with Crippen molar-refractivity contribution in [1.82, 2.24) is 19.9 Å². The molecule has 3 aromatic heterocycles. The van der Waals surface area contributed by atoms with E-state index in [0.29, 0.717) is 47.6 Å². The van der Waals surface area contributed by atoms with E-state index in [-0.39, 0.29) is 17.4 Å². The number of nitrogen functional groups attached to an aromatic ring is 1. The van der Waals surface area contributed by atoms with Gasteiger partial charge in [-0.15, -0.1) is 0 Å². The van der Waals surface area contributed by atoms with E-state index >= 15 is 0 Å². The lowest BCUT2D eigenvalue weighted by Crippen LogP contribution is -2.25. The summed E-state index contributed by atoms with van der Waals surface area (Å²) in [6.07, 6.45) is 5.85. The van der Waals surface area contributed by atoms with Crippen LogP contribution in [0.5, 0.6) is 0 Å². The van der Waals surface area contributed by atoms with E-state index in [0.717, 1.165) is 16.7 Å². The summed E-state index contributed by atoms with van der Waals surface area (Å²) in [7, 11) is 0. The van der Waals surface area contributed by atoms with Crippen molar-refractivity contribution < 1.29 is 9.72 Å². The standard InChI is InChI=1S/C25H23Cl2N7O3/c26-18-2-3-19(20(27)13-18)17-12-22(25(35)31-14-16-6-9-29-10-7-16)33(15-17)11-1-8-30-23-5-4-21(34(36)37)24(28)32-23/h2-7,9-10,12-13,15H,1,8,11,14H2,(H,31,35)(H3,28,30,32). The monoisotopic (exact) mass is 539 g/mol. The van der Waals surface area contributed by atoms with Crippen LogP contribution in [-0.2, 0) is 13.1 Å². The number of halogens is 2. The summed E-state index contributed by atoms with van der Waals surface area (Å²) in [6, 6.07) is 13.5. The lowest BCUT2D eigenvalue weighted by molar-refractivity contribution is -0.384. The van der Waals surface area contributed by atoms with Gasteiger partial charge >= 0.3 is 5.69 Å². The van der Waals surface area contributed by atoms with Crippen LogP contribution in [-0.4, -0.2) is 31.9 Å². The average molecular weight is 540 g/mol. The molecule has 0 atom stereocenters. The van der Waals surface area contributed by atoms with Crippen molar-refractivity contribution in [1.29, 1.82) is 0 Å². The number of amides is 1. The van der Waals surface area contributed by atoms with Crippen LogP contribution in [0, 0.1) is 10.1 Å². The molecule has 4 aromatic rings. The smallest absolute Gasteiger partial charge is 0.311 e. The number of hydrogen-bond donors (Lipinski definition) is 3. The maximum atomic E-state index is 13.1. The second-order valence-corrected chi connectivity index (χ2v) is 8.95. The molecule has 37 heavy (non-hydrogen) atoms. The predicted octanol–water partition coefficient (Wildman–Crippen LogP) is 5.17. The molecule has 0 radical (unpaired) electrons. The zero-order chi connectivity index (χ0) is 26.4. The van der Waals surface area contributed by atoms with Crippen LogP contribution in [0.1, 0.15) is 22.5 Å². The van der Waals surface area contributed by atoms with Gasteiger partial charge in [0.25, 0.3) is 5.91 Å². The fourth-order valence-electron chi connectivity index (χ4n) is 3.72. The maximum Gasteiger partial charge on any atom is 0.311 e. The minimum Gasteiger partial charge on any atom is -0.378 e. The number of hydrogen-bond acceptors (Lipinski definition) is 7. The van der Waals surface area contributed by atoms with Gasteiger partial charge in [-0.3, -0.25) is 19.9 Å². The SMILES string of the molecule is Nc1nc(NCCCn2cc(-c3ccc(Cl)cc3Cl)cc2C(=O)NCc2ccncc2)ccc1[N+](=O)[O-]. The highest BCUT2D eigenvalue weighted by molar-refractivity contribution is 6.36. The summed E-state index contributed by atoms with van der Waals surface area (Å²) >= 11 is 12.5. The molecule has 4 N–H and O–H groups in total. The van der Waals surface area contributed by atoms with E-state index in [1.165, 1.54) is 12.1 Å². The van der Waals surface area contributed by atoms with Crippen molar-refractivity contribution in [2.24, 2.45) is 0 Å². The minimum absolute atomic E-state index is 0.155. The van der Waals surface area contributed by atoms with E-state index in [9.17, 15) is 14.9 Å². The molecule has 0 spiro atoms. The number of rotatable bonds is 10. The molecule has 0 aliphatic carbocycles. The number of aryl methyl sites for hydroxylation is 1. The number of nitrogens with two attached hydrogens (primary N) is 1. The molecule has 1 aromatic carbocycles. The Morgan fingerprint density at radius 3 is 2.59 bits per heavy atom. The molecule has 0 unspecified atom stereocenters. The summed E-state index contributed by atoms with van der Waals surface area (Å²) < 4.78 is 1.86. The van der Waals surface area contributed by atoms with Gasteiger partial charge < -0.3 is 20.9 Å². The highest BCUT2D eigenvalue weighted by atomic mass is 35.5. The summed E-state index contributed by atoms with van der Waals surface area (Å²) in [6.45, 7) is 1.37.